The average Bonchev–Trinajstić information content (AvgIpc) is 2.65. The lowest BCUT2D eigenvalue weighted by atomic mass is 10.1. The van der Waals surface area contributed by atoms with Crippen molar-refractivity contribution >= 4 is 11.9 Å². The largest absolute Gasteiger partial charge is 0.497 e. The number of rotatable bonds is 6. The van der Waals surface area contributed by atoms with Crippen LogP contribution in [0.15, 0.2) is 40.6 Å². The first-order chi connectivity index (χ1) is 12.5. The number of hydrogen-bond acceptors (Lipinski definition) is 6. The molecule has 0 radical (unpaired) electrons. The summed E-state index contributed by atoms with van der Waals surface area (Å²) in [6.07, 6.45) is 2.85. The third-order valence-electron chi connectivity index (χ3n) is 3.88. The highest BCUT2D eigenvalue weighted by Gasteiger charge is 2.17. The fourth-order valence-corrected chi connectivity index (χ4v) is 2.46. The van der Waals surface area contributed by atoms with E-state index in [1.54, 1.807) is 25.1 Å². The lowest BCUT2D eigenvalue weighted by Crippen LogP contribution is -2.24. The Bertz CT molecular complexity index is 968. The minimum absolute atomic E-state index is 0.0521. The van der Waals surface area contributed by atoms with Crippen molar-refractivity contribution in [1.82, 2.24) is 4.57 Å². The molecule has 0 spiro atoms. The lowest BCUT2D eigenvalue weighted by Gasteiger charge is -2.12. The van der Waals surface area contributed by atoms with Crippen LogP contribution in [-0.4, -0.2) is 30.1 Å². The van der Waals surface area contributed by atoms with Crippen LogP contribution in [0.5, 0.6) is 17.4 Å². The summed E-state index contributed by atoms with van der Waals surface area (Å²) in [6.45, 7) is 5.22. The molecule has 0 bridgehead atoms. The van der Waals surface area contributed by atoms with E-state index >= 15 is 0 Å². The van der Waals surface area contributed by atoms with E-state index in [9.17, 15) is 15.2 Å². The van der Waals surface area contributed by atoms with E-state index in [2.05, 4.69) is 11.6 Å². The number of allylic oxidation sites excluding steroid dienone is 1. The second-order valence-corrected chi connectivity index (χ2v) is 5.35. The highest BCUT2D eigenvalue weighted by molar-refractivity contribution is 5.88. The number of nitrogens with zero attached hydrogens (tertiary/aromatic N) is 3. The number of aliphatic imine (C=N–C) groups is 1. The van der Waals surface area contributed by atoms with Gasteiger partial charge in [0.05, 0.1) is 19.8 Å². The summed E-state index contributed by atoms with van der Waals surface area (Å²) in [4.78, 5) is 16.6. The molecule has 1 aromatic carbocycles. The van der Waals surface area contributed by atoms with Gasteiger partial charge in [-0.25, -0.2) is 0 Å². The van der Waals surface area contributed by atoms with Gasteiger partial charge in [-0.15, -0.1) is 6.58 Å². The molecular weight excluding hydrogens is 334 g/mol. The molecule has 1 N–H and O–H groups in total. The molecule has 2 aromatic rings. The first-order valence-corrected chi connectivity index (χ1v) is 7.71. The molecule has 0 atom stereocenters. The highest BCUT2D eigenvalue weighted by Crippen LogP contribution is 2.32. The summed E-state index contributed by atoms with van der Waals surface area (Å²) in [5, 5.41) is 19.8. The van der Waals surface area contributed by atoms with Gasteiger partial charge in [-0.1, -0.05) is 6.08 Å². The average molecular weight is 353 g/mol. The number of hydrogen-bond donors (Lipinski definition) is 1. The molecule has 26 heavy (non-hydrogen) atoms. The zero-order valence-electron chi connectivity index (χ0n) is 14.8. The summed E-state index contributed by atoms with van der Waals surface area (Å²) >= 11 is 0. The topological polar surface area (TPSA) is 96.8 Å². The van der Waals surface area contributed by atoms with Crippen molar-refractivity contribution in [3.63, 3.8) is 0 Å². The molecule has 0 aliphatic rings. The summed E-state index contributed by atoms with van der Waals surface area (Å²) < 4.78 is 11.5. The van der Waals surface area contributed by atoms with Crippen LogP contribution in [0.3, 0.4) is 0 Å². The summed E-state index contributed by atoms with van der Waals surface area (Å²) in [6, 6.07) is 7.00. The second kappa shape index (κ2) is 8.03. The minimum Gasteiger partial charge on any atom is -0.497 e. The van der Waals surface area contributed by atoms with E-state index in [1.165, 1.54) is 26.5 Å². The van der Waals surface area contributed by atoms with E-state index in [0.717, 1.165) is 4.57 Å². The van der Waals surface area contributed by atoms with Gasteiger partial charge < -0.3 is 14.6 Å². The third-order valence-corrected chi connectivity index (χ3v) is 3.88. The number of aromatic hydroxyl groups is 1. The first-order valence-electron chi connectivity index (χ1n) is 7.71. The molecule has 2 rings (SSSR count). The highest BCUT2D eigenvalue weighted by atomic mass is 16.5. The maximum absolute atomic E-state index is 12.3. The normalized spacial score (nSPS) is 10.5. The Morgan fingerprint density at radius 2 is 2.12 bits per heavy atom. The Morgan fingerprint density at radius 3 is 2.69 bits per heavy atom. The van der Waals surface area contributed by atoms with Gasteiger partial charge in [-0.2, -0.15) is 5.26 Å². The van der Waals surface area contributed by atoms with E-state index in [0.29, 0.717) is 22.7 Å². The Balaban J connectivity index is 2.65. The molecule has 7 heteroatoms. The standard InChI is InChI=1S/C19H19N3O4/c1-5-8-22-18(23)14(10-20)12(2)15(19(22)24)11-21-16-9-13(25-3)6-7-17(16)26-4/h5-7,9,11,24H,1,8H2,2-4H3. The summed E-state index contributed by atoms with van der Waals surface area (Å²) in [5.41, 5.74) is 0.474. The second-order valence-electron chi connectivity index (χ2n) is 5.35. The quantitative estimate of drug-likeness (QED) is 0.636. The van der Waals surface area contributed by atoms with Gasteiger partial charge in [0.15, 0.2) is 0 Å². The van der Waals surface area contributed by atoms with Crippen LogP contribution in [0, 0.1) is 18.3 Å². The Morgan fingerprint density at radius 1 is 1.38 bits per heavy atom. The van der Waals surface area contributed by atoms with Gasteiger partial charge in [0.2, 0.25) is 5.88 Å². The first kappa shape index (κ1) is 18.8. The van der Waals surface area contributed by atoms with Crippen LogP contribution in [0.4, 0.5) is 5.69 Å². The van der Waals surface area contributed by atoms with Crippen LogP contribution >= 0.6 is 0 Å². The maximum Gasteiger partial charge on any atom is 0.271 e. The van der Waals surface area contributed by atoms with Crippen LogP contribution in [0.1, 0.15) is 16.7 Å². The van der Waals surface area contributed by atoms with Crippen LogP contribution in [0.2, 0.25) is 0 Å². The zero-order chi connectivity index (χ0) is 19.3. The fourth-order valence-electron chi connectivity index (χ4n) is 2.46. The van der Waals surface area contributed by atoms with Gasteiger partial charge in [-0.05, 0) is 24.6 Å². The van der Waals surface area contributed by atoms with Crippen molar-refractivity contribution in [1.29, 1.82) is 5.26 Å². The molecule has 0 saturated carbocycles. The van der Waals surface area contributed by atoms with E-state index in [1.807, 2.05) is 6.07 Å². The Kier molecular flexibility index (Phi) is 5.81. The molecule has 0 unspecified atom stereocenters. The predicted octanol–water partition coefficient (Wildman–Crippen LogP) is 2.69. The van der Waals surface area contributed by atoms with Crippen molar-refractivity contribution in [2.45, 2.75) is 13.5 Å². The number of benzene rings is 1. The molecule has 7 nitrogen and oxygen atoms in total. The third kappa shape index (κ3) is 3.44. The van der Waals surface area contributed by atoms with Gasteiger partial charge in [0.25, 0.3) is 5.56 Å². The van der Waals surface area contributed by atoms with Crippen molar-refractivity contribution in [3.05, 3.63) is 57.9 Å². The number of aromatic nitrogens is 1. The molecule has 0 fully saturated rings. The maximum atomic E-state index is 12.3. The van der Waals surface area contributed by atoms with Crippen LogP contribution < -0.4 is 15.0 Å². The minimum atomic E-state index is -0.571. The molecule has 0 saturated heterocycles. The molecule has 0 aliphatic heterocycles. The monoisotopic (exact) mass is 353 g/mol. The molecule has 134 valence electrons. The van der Waals surface area contributed by atoms with Gasteiger partial charge >= 0.3 is 0 Å². The van der Waals surface area contributed by atoms with E-state index in [-0.39, 0.29) is 23.6 Å². The van der Waals surface area contributed by atoms with Crippen LogP contribution in [0.25, 0.3) is 0 Å². The number of methoxy groups -OCH3 is 2. The summed E-state index contributed by atoms with van der Waals surface area (Å²) in [5.74, 6) is 0.823. The fraction of sp³-hybridized carbons (Fsp3) is 0.211. The SMILES string of the molecule is C=CCn1c(O)c(C=Nc2cc(OC)ccc2OC)c(C)c(C#N)c1=O. The molecule has 0 amide bonds. The number of pyridine rings is 1. The predicted molar refractivity (Wildman–Crippen MR) is 98.8 cm³/mol. The smallest absolute Gasteiger partial charge is 0.271 e. The molecule has 1 aromatic heterocycles. The van der Waals surface area contributed by atoms with Crippen molar-refractivity contribution in [2.75, 3.05) is 14.2 Å². The number of ether oxygens (including phenoxy) is 2. The lowest BCUT2D eigenvalue weighted by molar-refractivity contribution is 0.404. The van der Waals surface area contributed by atoms with Crippen LogP contribution in [-0.2, 0) is 6.54 Å². The van der Waals surface area contributed by atoms with Crippen molar-refractivity contribution < 1.29 is 14.6 Å². The van der Waals surface area contributed by atoms with Gasteiger partial charge in [-0.3, -0.25) is 14.4 Å². The van der Waals surface area contributed by atoms with Crippen molar-refractivity contribution in [3.8, 4) is 23.4 Å². The Hall–Kier alpha value is -3.53. The molecule has 0 aliphatic carbocycles. The summed E-state index contributed by atoms with van der Waals surface area (Å²) in [7, 11) is 3.05. The van der Waals surface area contributed by atoms with Crippen molar-refractivity contribution in [2.24, 2.45) is 4.99 Å². The van der Waals surface area contributed by atoms with E-state index < -0.39 is 5.56 Å². The number of nitriles is 1. The van der Waals surface area contributed by atoms with Gasteiger partial charge in [0.1, 0.15) is 28.8 Å². The van der Waals surface area contributed by atoms with Gasteiger partial charge in [0, 0.05) is 18.8 Å². The molecule has 1 heterocycles. The Labute approximate surface area is 151 Å². The van der Waals surface area contributed by atoms with E-state index in [4.69, 9.17) is 9.47 Å². The molecular formula is C19H19N3O4. The zero-order valence-corrected chi connectivity index (χ0v) is 14.8.